The highest BCUT2D eigenvalue weighted by molar-refractivity contribution is 5.94. The number of nitrogens with zero attached hydrogens (tertiary/aromatic N) is 3. The van der Waals surface area contributed by atoms with E-state index in [9.17, 15) is 4.79 Å². The van der Waals surface area contributed by atoms with E-state index in [0.29, 0.717) is 11.5 Å². The Hall–Kier alpha value is -2.10. The van der Waals surface area contributed by atoms with Crippen LogP contribution in [0.25, 0.3) is 0 Å². The molecule has 4 nitrogen and oxygen atoms in total. The molecule has 3 rings (SSSR count). The van der Waals surface area contributed by atoms with Crippen molar-refractivity contribution in [2.75, 3.05) is 13.1 Å². The lowest BCUT2D eigenvalue weighted by molar-refractivity contribution is 0.0778. The van der Waals surface area contributed by atoms with E-state index in [1.165, 1.54) is 5.56 Å². The molecule has 110 valence electrons. The third-order valence-corrected chi connectivity index (χ3v) is 4.39. The maximum atomic E-state index is 12.6. The molecule has 1 aliphatic heterocycles. The van der Waals surface area contributed by atoms with Crippen LogP contribution < -0.4 is 0 Å². The van der Waals surface area contributed by atoms with Crippen molar-refractivity contribution in [2.45, 2.75) is 19.8 Å². The molecule has 21 heavy (non-hydrogen) atoms. The monoisotopic (exact) mass is 283 g/mol. The van der Waals surface area contributed by atoms with Gasteiger partial charge in [-0.2, -0.15) is 5.10 Å². The van der Waals surface area contributed by atoms with Gasteiger partial charge in [-0.25, -0.2) is 0 Å². The van der Waals surface area contributed by atoms with Crippen LogP contribution in [0.5, 0.6) is 0 Å². The summed E-state index contributed by atoms with van der Waals surface area (Å²) in [6.45, 7) is 6.02. The molecule has 1 aromatic heterocycles. The minimum absolute atomic E-state index is 0.0783. The quantitative estimate of drug-likeness (QED) is 0.850. The summed E-state index contributed by atoms with van der Waals surface area (Å²) in [5.41, 5.74) is 2.06. The summed E-state index contributed by atoms with van der Waals surface area (Å²) in [7, 11) is 1.83. The van der Waals surface area contributed by atoms with Crippen LogP contribution >= 0.6 is 0 Å². The summed E-state index contributed by atoms with van der Waals surface area (Å²) >= 11 is 0. The van der Waals surface area contributed by atoms with Gasteiger partial charge >= 0.3 is 0 Å². The topological polar surface area (TPSA) is 38.1 Å². The first-order valence-corrected chi connectivity index (χ1v) is 7.30. The molecule has 1 fully saturated rings. The second-order valence-electron chi connectivity index (χ2n) is 6.54. The Bertz CT molecular complexity index is 645. The Kier molecular flexibility index (Phi) is 3.32. The smallest absolute Gasteiger partial charge is 0.257 e. The molecule has 2 heterocycles. The van der Waals surface area contributed by atoms with Crippen LogP contribution in [-0.4, -0.2) is 33.7 Å². The van der Waals surface area contributed by atoms with E-state index in [1.54, 1.807) is 17.1 Å². The average Bonchev–Trinajstić information content (AvgIpc) is 3.02. The molecule has 4 heteroatoms. The Morgan fingerprint density at radius 2 is 2.00 bits per heavy atom. The highest BCUT2D eigenvalue weighted by atomic mass is 16.2. The minimum atomic E-state index is 0.0783. The fourth-order valence-electron chi connectivity index (χ4n) is 3.25. The molecule has 0 aliphatic carbocycles. The number of rotatable bonds is 2. The number of amides is 1. The zero-order valence-electron chi connectivity index (χ0n) is 12.8. The van der Waals surface area contributed by atoms with Gasteiger partial charge in [-0.1, -0.05) is 44.2 Å². The molecule has 0 N–H and O–H groups in total. The molecule has 0 saturated carbocycles. The summed E-state index contributed by atoms with van der Waals surface area (Å²) in [4.78, 5) is 14.6. The van der Waals surface area contributed by atoms with Gasteiger partial charge in [-0.15, -0.1) is 0 Å². The predicted molar refractivity (Wildman–Crippen MR) is 82.1 cm³/mol. The van der Waals surface area contributed by atoms with Crippen molar-refractivity contribution in [3.05, 3.63) is 53.9 Å². The molecule has 1 saturated heterocycles. The number of aromatic nitrogens is 2. The van der Waals surface area contributed by atoms with Crippen LogP contribution in [0.15, 0.2) is 42.7 Å². The first kappa shape index (κ1) is 13.9. The van der Waals surface area contributed by atoms with Crippen molar-refractivity contribution in [2.24, 2.45) is 12.5 Å². The molecule has 2 aromatic rings. The van der Waals surface area contributed by atoms with E-state index < -0.39 is 0 Å². The van der Waals surface area contributed by atoms with Gasteiger partial charge in [0.25, 0.3) is 5.91 Å². The summed E-state index contributed by atoms with van der Waals surface area (Å²) in [5.74, 6) is 0.453. The number of aryl methyl sites for hydroxylation is 1. The number of carbonyl (C=O) groups is 1. The van der Waals surface area contributed by atoms with Gasteiger partial charge < -0.3 is 4.90 Å². The maximum absolute atomic E-state index is 12.6. The van der Waals surface area contributed by atoms with E-state index in [1.807, 2.05) is 18.0 Å². The second-order valence-corrected chi connectivity index (χ2v) is 6.54. The number of hydrogen-bond donors (Lipinski definition) is 0. The van der Waals surface area contributed by atoms with Crippen LogP contribution in [0.1, 0.15) is 35.7 Å². The SMILES string of the molecule is Cn1cc(C(=O)N2CC(c3ccccc3)C(C)(C)C2)cn1. The molecule has 1 aromatic carbocycles. The highest BCUT2D eigenvalue weighted by Gasteiger charge is 2.42. The lowest BCUT2D eigenvalue weighted by Gasteiger charge is -2.25. The van der Waals surface area contributed by atoms with Crippen molar-refractivity contribution in [1.82, 2.24) is 14.7 Å². The molecule has 1 amide bonds. The molecular weight excluding hydrogens is 262 g/mol. The maximum Gasteiger partial charge on any atom is 0.257 e. The molecule has 1 aliphatic rings. The predicted octanol–water partition coefficient (Wildman–Crippen LogP) is 2.69. The standard InChI is InChI=1S/C17H21N3O/c1-17(2)12-20(16(21)14-9-18-19(3)10-14)11-15(17)13-7-5-4-6-8-13/h4-10,15H,11-12H2,1-3H3. The van der Waals surface area contributed by atoms with Gasteiger partial charge in [-0.3, -0.25) is 9.48 Å². The number of hydrogen-bond acceptors (Lipinski definition) is 2. The van der Waals surface area contributed by atoms with Crippen LogP contribution in [-0.2, 0) is 7.05 Å². The van der Waals surface area contributed by atoms with E-state index in [0.717, 1.165) is 13.1 Å². The summed E-state index contributed by atoms with van der Waals surface area (Å²) < 4.78 is 1.67. The van der Waals surface area contributed by atoms with E-state index in [2.05, 4.69) is 43.2 Å². The van der Waals surface area contributed by atoms with Gasteiger partial charge in [0.15, 0.2) is 0 Å². The Labute approximate surface area is 125 Å². The Morgan fingerprint density at radius 1 is 1.29 bits per heavy atom. The molecule has 0 bridgehead atoms. The summed E-state index contributed by atoms with van der Waals surface area (Å²) in [6.07, 6.45) is 3.43. The first-order valence-electron chi connectivity index (χ1n) is 7.30. The van der Waals surface area contributed by atoms with E-state index >= 15 is 0 Å². The molecule has 1 unspecified atom stereocenters. The molecular formula is C17H21N3O. The van der Waals surface area contributed by atoms with Crippen LogP contribution in [0.4, 0.5) is 0 Å². The second kappa shape index (κ2) is 5.02. The van der Waals surface area contributed by atoms with Crippen molar-refractivity contribution >= 4 is 5.91 Å². The Balaban J connectivity index is 1.83. The van der Waals surface area contributed by atoms with Gasteiger partial charge in [0.05, 0.1) is 11.8 Å². The van der Waals surface area contributed by atoms with Gasteiger partial charge in [0.2, 0.25) is 0 Å². The molecule has 1 atom stereocenters. The zero-order valence-corrected chi connectivity index (χ0v) is 12.8. The summed E-state index contributed by atoms with van der Waals surface area (Å²) in [6, 6.07) is 10.5. The summed E-state index contributed by atoms with van der Waals surface area (Å²) in [5, 5.41) is 4.09. The van der Waals surface area contributed by atoms with Crippen LogP contribution in [0.3, 0.4) is 0 Å². The Morgan fingerprint density at radius 3 is 2.62 bits per heavy atom. The largest absolute Gasteiger partial charge is 0.337 e. The average molecular weight is 283 g/mol. The number of likely N-dealkylation sites (tertiary alicyclic amines) is 1. The van der Waals surface area contributed by atoms with Gasteiger partial charge in [0, 0.05) is 32.3 Å². The number of carbonyl (C=O) groups excluding carboxylic acids is 1. The van der Waals surface area contributed by atoms with Crippen LogP contribution in [0, 0.1) is 5.41 Å². The fraction of sp³-hybridized carbons (Fsp3) is 0.412. The van der Waals surface area contributed by atoms with Crippen LogP contribution in [0.2, 0.25) is 0 Å². The molecule has 0 spiro atoms. The lowest BCUT2D eigenvalue weighted by Crippen LogP contribution is -2.29. The fourth-order valence-corrected chi connectivity index (χ4v) is 3.25. The first-order chi connectivity index (χ1) is 9.97. The van der Waals surface area contributed by atoms with Crippen molar-refractivity contribution in [1.29, 1.82) is 0 Å². The van der Waals surface area contributed by atoms with Gasteiger partial charge in [0.1, 0.15) is 0 Å². The number of benzene rings is 1. The zero-order chi connectivity index (χ0) is 15.0. The van der Waals surface area contributed by atoms with E-state index in [4.69, 9.17) is 0 Å². The highest BCUT2D eigenvalue weighted by Crippen LogP contribution is 2.42. The molecule has 0 radical (unpaired) electrons. The van der Waals surface area contributed by atoms with Crippen molar-refractivity contribution in [3.63, 3.8) is 0 Å². The minimum Gasteiger partial charge on any atom is -0.337 e. The van der Waals surface area contributed by atoms with E-state index in [-0.39, 0.29) is 11.3 Å². The van der Waals surface area contributed by atoms with Gasteiger partial charge in [-0.05, 0) is 11.0 Å². The third kappa shape index (κ3) is 2.58. The third-order valence-electron chi connectivity index (χ3n) is 4.39. The normalized spacial score (nSPS) is 20.7. The lowest BCUT2D eigenvalue weighted by atomic mass is 9.78. The van der Waals surface area contributed by atoms with Crippen molar-refractivity contribution < 1.29 is 4.79 Å². The van der Waals surface area contributed by atoms with Crippen molar-refractivity contribution in [3.8, 4) is 0 Å².